The fourth-order valence-electron chi connectivity index (χ4n) is 2.04. The van der Waals surface area contributed by atoms with E-state index in [4.69, 9.17) is 0 Å². The summed E-state index contributed by atoms with van der Waals surface area (Å²) in [6, 6.07) is 20.2. The number of nitrogens with one attached hydrogen (secondary N) is 1. The maximum atomic E-state index is 4.49. The van der Waals surface area contributed by atoms with Gasteiger partial charge in [0.2, 0.25) is 5.95 Å². The van der Waals surface area contributed by atoms with Gasteiger partial charge in [0.05, 0.1) is 5.69 Å². The highest BCUT2D eigenvalue weighted by molar-refractivity contribution is 5.68. The smallest absolute Gasteiger partial charge is 0.227 e. The minimum atomic E-state index is 0.595. The topological polar surface area (TPSA) is 37.8 Å². The normalized spacial score (nSPS) is 10.8. The Morgan fingerprint density at radius 3 is 2.41 bits per heavy atom. The van der Waals surface area contributed by atoms with Crippen molar-refractivity contribution in [2.45, 2.75) is 6.92 Å². The van der Waals surface area contributed by atoms with Gasteiger partial charge < -0.3 is 5.32 Å². The lowest BCUT2D eigenvalue weighted by molar-refractivity contribution is 1.15. The number of nitrogens with zero attached hydrogens (tertiary/aromatic N) is 2. The van der Waals surface area contributed by atoms with Crippen LogP contribution < -0.4 is 5.32 Å². The molecule has 1 N–H and O–H groups in total. The first kappa shape index (κ1) is 14.0. The molecule has 22 heavy (non-hydrogen) atoms. The van der Waals surface area contributed by atoms with Gasteiger partial charge in [0, 0.05) is 11.9 Å². The Morgan fingerprint density at radius 1 is 0.864 bits per heavy atom. The van der Waals surface area contributed by atoms with Crippen LogP contribution >= 0.6 is 0 Å². The number of aromatic nitrogens is 2. The highest BCUT2D eigenvalue weighted by Gasteiger charge is 1.97. The lowest BCUT2D eigenvalue weighted by Crippen LogP contribution is -1.97. The standard InChI is InChI=1S/C19H17N3/c1-15-7-9-16(10-8-15)11-12-18-13-14-20-19(22-18)21-17-5-3-2-4-6-17/h2-14H,1H3,(H,20,21,22)/b12-11+. The van der Waals surface area contributed by atoms with Crippen LogP contribution in [-0.2, 0) is 0 Å². The molecule has 1 heterocycles. The minimum Gasteiger partial charge on any atom is -0.324 e. The average Bonchev–Trinajstić information content (AvgIpc) is 2.56. The lowest BCUT2D eigenvalue weighted by Gasteiger charge is -2.04. The molecule has 3 aromatic rings. The zero-order chi connectivity index (χ0) is 15.2. The van der Waals surface area contributed by atoms with Gasteiger partial charge in [-0.3, -0.25) is 0 Å². The van der Waals surface area contributed by atoms with Crippen molar-refractivity contribution in [2.75, 3.05) is 5.32 Å². The van der Waals surface area contributed by atoms with Crippen LogP contribution in [0.15, 0.2) is 66.9 Å². The molecular weight excluding hydrogens is 270 g/mol. The van der Waals surface area contributed by atoms with Gasteiger partial charge in [-0.1, -0.05) is 54.1 Å². The van der Waals surface area contributed by atoms with Crippen molar-refractivity contribution in [3.63, 3.8) is 0 Å². The Kier molecular flexibility index (Phi) is 4.25. The van der Waals surface area contributed by atoms with E-state index in [0.29, 0.717) is 5.95 Å². The van der Waals surface area contributed by atoms with Crippen LogP contribution in [0, 0.1) is 6.92 Å². The van der Waals surface area contributed by atoms with E-state index in [1.807, 2.05) is 48.6 Å². The molecule has 2 aromatic carbocycles. The van der Waals surface area contributed by atoms with Gasteiger partial charge in [0.1, 0.15) is 0 Å². The fourth-order valence-corrected chi connectivity index (χ4v) is 2.04. The van der Waals surface area contributed by atoms with Gasteiger partial charge in [-0.25, -0.2) is 9.97 Å². The summed E-state index contributed by atoms with van der Waals surface area (Å²) in [5.41, 5.74) is 4.26. The first-order valence-corrected chi connectivity index (χ1v) is 7.19. The van der Waals surface area contributed by atoms with Gasteiger partial charge >= 0.3 is 0 Å². The summed E-state index contributed by atoms with van der Waals surface area (Å²) in [7, 11) is 0. The van der Waals surface area contributed by atoms with E-state index < -0.39 is 0 Å². The van der Waals surface area contributed by atoms with E-state index in [-0.39, 0.29) is 0 Å². The number of rotatable bonds is 4. The van der Waals surface area contributed by atoms with Crippen LogP contribution in [0.3, 0.4) is 0 Å². The summed E-state index contributed by atoms with van der Waals surface area (Å²) < 4.78 is 0. The van der Waals surface area contributed by atoms with Crippen LogP contribution in [0.25, 0.3) is 12.2 Å². The van der Waals surface area contributed by atoms with Crippen LogP contribution in [0.2, 0.25) is 0 Å². The summed E-state index contributed by atoms with van der Waals surface area (Å²) in [6.07, 6.45) is 5.80. The number of hydrogen-bond donors (Lipinski definition) is 1. The summed E-state index contributed by atoms with van der Waals surface area (Å²) >= 11 is 0. The maximum absolute atomic E-state index is 4.49. The van der Waals surface area contributed by atoms with E-state index >= 15 is 0 Å². The third kappa shape index (κ3) is 3.79. The second-order valence-electron chi connectivity index (χ2n) is 5.04. The summed E-state index contributed by atoms with van der Waals surface area (Å²) in [5, 5.41) is 3.19. The zero-order valence-corrected chi connectivity index (χ0v) is 12.4. The van der Waals surface area contributed by atoms with Crippen molar-refractivity contribution in [1.82, 2.24) is 9.97 Å². The Labute approximate surface area is 130 Å². The van der Waals surface area contributed by atoms with Crippen molar-refractivity contribution >= 4 is 23.8 Å². The van der Waals surface area contributed by atoms with Gasteiger partial charge in [0.15, 0.2) is 0 Å². The van der Waals surface area contributed by atoms with Crippen LogP contribution in [-0.4, -0.2) is 9.97 Å². The van der Waals surface area contributed by atoms with Crippen molar-refractivity contribution in [3.8, 4) is 0 Å². The number of anilines is 2. The number of benzene rings is 2. The molecule has 3 rings (SSSR count). The number of para-hydroxylation sites is 1. The van der Waals surface area contributed by atoms with Gasteiger partial charge in [-0.05, 0) is 36.8 Å². The van der Waals surface area contributed by atoms with Gasteiger partial charge in [-0.2, -0.15) is 0 Å². The van der Waals surface area contributed by atoms with Crippen molar-refractivity contribution in [2.24, 2.45) is 0 Å². The molecule has 0 saturated carbocycles. The molecular formula is C19H17N3. The van der Waals surface area contributed by atoms with E-state index in [9.17, 15) is 0 Å². The molecule has 0 radical (unpaired) electrons. The van der Waals surface area contributed by atoms with Gasteiger partial charge in [-0.15, -0.1) is 0 Å². The highest BCUT2D eigenvalue weighted by atomic mass is 15.1. The molecule has 0 saturated heterocycles. The third-order valence-corrected chi connectivity index (χ3v) is 3.23. The van der Waals surface area contributed by atoms with Crippen molar-refractivity contribution in [3.05, 3.63) is 83.7 Å². The van der Waals surface area contributed by atoms with Crippen LogP contribution in [0.1, 0.15) is 16.8 Å². The first-order valence-electron chi connectivity index (χ1n) is 7.19. The second kappa shape index (κ2) is 6.68. The van der Waals surface area contributed by atoms with E-state index in [2.05, 4.69) is 46.5 Å². The Bertz CT molecular complexity index is 762. The average molecular weight is 287 g/mol. The monoisotopic (exact) mass is 287 g/mol. The van der Waals surface area contributed by atoms with Gasteiger partial charge in [0.25, 0.3) is 0 Å². The highest BCUT2D eigenvalue weighted by Crippen LogP contribution is 2.13. The summed E-state index contributed by atoms with van der Waals surface area (Å²) in [5.74, 6) is 0.595. The van der Waals surface area contributed by atoms with E-state index in [1.54, 1.807) is 6.20 Å². The predicted octanol–water partition coefficient (Wildman–Crippen LogP) is 4.70. The lowest BCUT2D eigenvalue weighted by atomic mass is 10.1. The molecule has 0 bridgehead atoms. The molecule has 108 valence electrons. The molecule has 0 aliphatic carbocycles. The Hall–Kier alpha value is -2.94. The summed E-state index contributed by atoms with van der Waals surface area (Å²) in [4.78, 5) is 8.74. The Morgan fingerprint density at radius 2 is 1.64 bits per heavy atom. The van der Waals surface area contributed by atoms with Crippen molar-refractivity contribution in [1.29, 1.82) is 0 Å². The molecule has 3 heteroatoms. The van der Waals surface area contributed by atoms with Crippen molar-refractivity contribution < 1.29 is 0 Å². The van der Waals surface area contributed by atoms with Crippen LogP contribution in [0.4, 0.5) is 11.6 Å². The number of hydrogen-bond acceptors (Lipinski definition) is 3. The molecule has 0 aliphatic heterocycles. The summed E-state index contributed by atoms with van der Waals surface area (Å²) in [6.45, 7) is 2.08. The molecule has 0 spiro atoms. The Balaban J connectivity index is 1.75. The zero-order valence-electron chi connectivity index (χ0n) is 12.4. The largest absolute Gasteiger partial charge is 0.324 e. The van der Waals surface area contributed by atoms with E-state index in [0.717, 1.165) is 16.9 Å². The fraction of sp³-hybridized carbons (Fsp3) is 0.0526. The minimum absolute atomic E-state index is 0.595. The SMILES string of the molecule is Cc1ccc(/C=C/c2ccnc(Nc3ccccc3)n2)cc1. The molecule has 0 fully saturated rings. The van der Waals surface area contributed by atoms with E-state index in [1.165, 1.54) is 5.56 Å². The molecule has 0 unspecified atom stereocenters. The third-order valence-electron chi connectivity index (χ3n) is 3.23. The number of aryl methyl sites for hydroxylation is 1. The maximum Gasteiger partial charge on any atom is 0.227 e. The predicted molar refractivity (Wildman–Crippen MR) is 91.9 cm³/mol. The van der Waals surface area contributed by atoms with Crippen LogP contribution in [0.5, 0.6) is 0 Å². The quantitative estimate of drug-likeness (QED) is 0.756. The second-order valence-corrected chi connectivity index (χ2v) is 5.04. The first-order chi connectivity index (χ1) is 10.8. The molecule has 0 amide bonds. The molecule has 0 aliphatic rings. The molecule has 3 nitrogen and oxygen atoms in total. The molecule has 0 atom stereocenters. The molecule has 1 aromatic heterocycles.